The predicted octanol–water partition coefficient (Wildman–Crippen LogP) is 6.92. The van der Waals surface area contributed by atoms with E-state index >= 15 is 0 Å². The quantitative estimate of drug-likeness (QED) is 0.306. The van der Waals surface area contributed by atoms with Crippen molar-refractivity contribution in [2.75, 3.05) is 4.90 Å². The van der Waals surface area contributed by atoms with Crippen LogP contribution in [0.1, 0.15) is 36.0 Å². The van der Waals surface area contributed by atoms with E-state index in [9.17, 15) is 0 Å². The lowest BCUT2D eigenvalue weighted by atomic mass is 10.0. The molecular formula is C26H22Cl2N4S. The summed E-state index contributed by atoms with van der Waals surface area (Å²) in [6, 6.07) is 23.9. The molecule has 4 nitrogen and oxygen atoms in total. The third kappa shape index (κ3) is 4.12. The number of halogens is 2. The Kier molecular flexibility index (Phi) is 6.11. The Labute approximate surface area is 208 Å². The zero-order chi connectivity index (χ0) is 22.9. The predicted molar refractivity (Wildman–Crippen MR) is 140 cm³/mol. The lowest BCUT2D eigenvalue weighted by molar-refractivity contribution is 0.549. The van der Waals surface area contributed by atoms with E-state index < -0.39 is 0 Å². The van der Waals surface area contributed by atoms with Gasteiger partial charge in [-0.3, -0.25) is 4.98 Å². The molecule has 166 valence electrons. The smallest absolute Gasteiger partial charge is 0.174 e. The third-order valence-corrected chi connectivity index (χ3v) is 6.83. The van der Waals surface area contributed by atoms with Crippen molar-refractivity contribution in [2.45, 2.75) is 25.4 Å². The zero-order valence-electron chi connectivity index (χ0n) is 18.0. The maximum atomic E-state index is 6.60. The molecule has 7 heteroatoms. The fourth-order valence-corrected chi connectivity index (χ4v) is 5.20. The van der Waals surface area contributed by atoms with Crippen LogP contribution in [0.5, 0.6) is 0 Å². The SMILES string of the molecule is CCc1ccc(N2C(=S)N[C@H](c3ccccn3)[C@@H]2c2cccn2-c2ccc(Cl)cc2Cl)cc1. The summed E-state index contributed by atoms with van der Waals surface area (Å²) in [6.45, 7) is 2.15. The summed E-state index contributed by atoms with van der Waals surface area (Å²) in [5, 5.41) is 5.36. The number of benzene rings is 2. The second-order valence-electron chi connectivity index (χ2n) is 7.92. The Morgan fingerprint density at radius 2 is 1.82 bits per heavy atom. The van der Waals surface area contributed by atoms with Crippen LogP contribution in [0.4, 0.5) is 5.69 Å². The van der Waals surface area contributed by atoms with Crippen molar-refractivity contribution in [1.82, 2.24) is 14.9 Å². The van der Waals surface area contributed by atoms with Crippen LogP contribution in [0.15, 0.2) is 85.2 Å². The fourth-order valence-electron chi connectivity index (χ4n) is 4.36. The number of hydrogen-bond acceptors (Lipinski definition) is 2. The first-order chi connectivity index (χ1) is 16.1. The Hall–Kier alpha value is -2.86. The molecule has 1 N–H and O–H groups in total. The largest absolute Gasteiger partial charge is 0.351 e. The van der Waals surface area contributed by atoms with Crippen molar-refractivity contribution in [2.24, 2.45) is 0 Å². The molecular weight excluding hydrogens is 471 g/mol. The van der Waals surface area contributed by atoms with E-state index in [1.807, 2.05) is 48.8 Å². The van der Waals surface area contributed by atoms with Gasteiger partial charge in [-0.15, -0.1) is 0 Å². The van der Waals surface area contributed by atoms with Crippen LogP contribution in [0, 0.1) is 0 Å². The molecule has 3 heterocycles. The second-order valence-corrected chi connectivity index (χ2v) is 9.15. The highest BCUT2D eigenvalue weighted by molar-refractivity contribution is 7.80. The first kappa shape index (κ1) is 22.0. The number of aryl methyl sites for hydroxylation is 1. The molecule has 0 aliphatic carbocycles. The van der Waals surface area contributed by atoms with Gasteiger partial charge in [-0.05, 0) is 78.8 Å². The van der Waals surface area contributed by atoms with Crippen LogP contribution >= 0.6 is 35.4 Å². The minimum atomic E-state index is -0.137. The summed E-state index contributed by atoms with van der Waals surface area (Å²) in [7, 11) is 0. The molecule has 1 aliphatic heterocycles. The van der Waals surface area contributed by atoms with Crippen molar-refractivity contribution in [1.29, 1.82) is 0 Å². The average Bonchev–Trinajstić information content (AvgIpc) is 3.44. The van der Waals surface area contributed by atoms with Crippen molar-refractivity contribution in [3.8, 4) is 5.69 Å². The highest BCUT2D eigenvalue weighted by atomic mass is 35.5. The van der Waals surface area contributed by atoms with Gasteiger partial charge in [0.1, 0.15) is 6.04 Å². The minimum absolute atomic E-state index is 0.135. The lowest BCUT2D eigenvalue weighted by Gasteiger charge is -2.29. The maximum Gasteiger partial charge on any atom is 0.174 e. The molecule has 2 atom stereocenters. The van der Waals surface area contributed by atoms with Gasteiger partial charge in [0.15, 0.2) is 5.11 Å². The van der Waals surface area contributed by atoms with Crippen LogP contribution < -0.4 is 10.2 Å². The van der Waals surface area contributed by atoms with Gasteiger partial charge in [0.05, 0.1) is 22.4 Å². The second kappa shape index (κ2) is 9.18. The first-order valence-corrected chi connectivity index (χ1v) is 12.0. The molecule has 0 radical (unpaired) electrons. The Morgan fingerprint density at radius 1 is 1.00 bits per heavy atom. The highest BCUT2D eigenvalue weighted by Crippen LogP contribution is 2.42. The molecule has 0 spiro atoms. The Bertz CT molecular complexity index is 1290. The highest BCUT2D eigenvalue weighted by Gasteiger charge is 2.42. The molecule has 4 aromatic rings. The fraction of sp³-hybridized carbons (Fsp3) is 0.154. The standard InChI is InChI=1S/C26H22Cl2N4S/c1-2-17-8-11-19(12-9-17)32-25(24(30-26(32)33)21-6-3-4-14-29-21)23-7-5-15-31(23)22-13-10-18(27)16-20(22)28/h3-16,24-25H,2H2,1H3,(H,30,33)/t24-,25+/m1/s1. The molecule has 2 aromatic heterocycles. The van der Waals surface area contributed by atoms with Crippen LogP contribution in [0.25, 0.3) is 5.69 Å². The van der Waals surface area contributed by atoms with E-state index in [2.05, 4.69) is 57.0 Å². The molecule has 0 saturated carbocycles. The normalized spacial score (nSPS) is 17.9. The van der Waals surface area contributed by atoms with Gasteiger partial charge < -0.3 is 14.8 Å². The van der Waals surface area contributed by atoms with E-state index in [-0.39, 0.29) is 12.1 Å². The molecule has 33 heavy (non-hydrogen) atoms. The van der Waals surface area contributed by atoms with E-state index in [0.29, 0.717) is 15.2 Å². The number of anilines is 1. The number of nitrogens with zero attached hydrogens (tertiary/aromatic N) is 3. The van der Waals surface area contributed by atoms with Crippen LogP contribution in [0.2, 0.25) is 10.0 Å². The summed E-state index contributed by atoms with van der Waals surface area (Å²) >= 11 is 18.6. The van der Waals surface area contributed by atoms with E-state index in [1.54, 1.807) is 6.07 Å². The van der Waals surface area contributed by atoms with Gasteiger partial charge in [0.2, 0.25) is 0 Å². The molecule has 0 unspecified atom stereocenters. The Balaban J connectivity index is 1.66. The molecule has 5 rings (SSSR count). The average molecular weight is 493 g/mol. The number of aromatic nitrogens is 2. The molecule has 0 amide bonds. The summed E-state index contributed by atoms with van der Waals surface area (Å²) in [6.07, 6.45) is 4.81. The lowest BCUT2D eigenvalue weighted by Crippen LogP contribution is -2.30. The molecule has 1 aliphatic rings. The van der Waals surface area contributed by atoms with E-state index in [0.717, 1.165) is 29.2 Å². The van der Waals surface area contributed by atoms with E-state index in [4.69, 9.17) is 35.4 Å². The van der Waals surface area contributed by atoms with Crippen LogP contribution in [-0.2, 0) is 6.42 Å². The van der Waals surface area contributed by atoms with Gasteiger partial charge in [-0.1, -0.05) is 48.3 Å². The van der Waals surface area contributed by atoms with Gasteiger partial charge in [-0.2, -0.15) is 0 Å². The zero-order valence-corrected chi connectivity index (χ0v) is 20.3. The number of hydrogen-bond donors (Lipinski definition) is 1. The summed E-state index contributed by atoms with van der Waals surface area (Å²) in [5.74, 6) is 0. The van der Waals surface area contributed by atoms with Crippen LogP contribution in [-0.4, -0.2) is 14.7 Å². The number of rotatable bonds is 5. The molecule has 0 bridgehead atoms. The monoisotopic (exact) mass is 492 g/mol. The van der Waals surface area contributed by atoms with Gasteiger partial charge in [0, 0.05) is 28.8 Å². The number of nitrogens with one attached hydrogen (secondary N) is 1. The topological polar surface area (TPSA) is 33.1 Å². The Morgan fingerprint density at radius 3 is 2.52 bits per heavy atom. The number of pyridine rings is 1. The van der Waals surface area contributed by atoms with Gasteiger partial charge in [-0.25, -0.2) is 0 Å². The maximum absolute atomic E-state index is 6.60. The number of thiocarbonyl (C=S) groups is 1. The minimum Gasteiger partial charge on any atom is -0.351 e. The van der Waals surface area contributed by atoms with E-state index in [1.165, 1.54) is 5.56 Å². The van der Waals surface area contributed by atoms with Gasteiger partial charge in [0.25, 0.3) is 0 Å². The summed E-state index contributed by atoms with van der Waals surface area (Å²) in [5.41, 5.74) is 5.14. The van der Waals surface area contributed by atoms with Crippen molar-refractivity contribution < 1.29 is 0 Å². The molecule has 2 aromatic carbocycles. The van der Waals surface area contributed by atoms with Gasteiger partial charge >= 0.3 is 0 Å². The van der Waals surface area contributed by atoms with Crippen molar-refractivity contribution in [3.05, 3.63) is 112 Å². The third-order valence-electron chi connectivity index (χ3n) is 5.97. The molecule has 1 fully saturated rings. The van der Waals surface area contributed by atoms with Crippen molar-refractivity contribution >= 4 is 46.2 Å². The van der Waals surface area contributed by atoms with Crippen molar-refractivity contribution in [3.63, 3.8) is 0 Å². The first-order valence-electron chi connectivity index (χ1n) is 10.8. The summed E-state index contributed by atoms with van der Waals surface area (Å²) < 4.78 is 2.10. The molecule has 1 saturated heterocycles. The summed E-state index contributed by atoms with van der Waals surface area (Å²) in [4.78, 5) is 6.81. The van der Waals surface area contributed by atoms with Crippen LogP contribution in [0.3, 0.4) is 0 Å².